The standard InChI is InChI=1S/C15H17N3O5S/c1-8(9-4-5-10(22-2)11(6-9)23-3)17-18-15-16-14(21)12(24-15)7-13(19)20/h4-6,12H,7H2,1-3H3,(H,19,20)(H,16,18,21)/b17-8-/t12-/m1/s1. The first-order chi connectivity index (χ1) is 11.4. The van der Waals surface area contributed by atoms with Gasteiger partial charge < -0.3 is 19.9 Å². The average molecular weight is 351 g/mol. The summed E-state index contributed by atoms with van der Waals surface area (Å²) in [5.74, 6) is -0.230. The summed E-state index contributed by atoms with van der Waals surface area (Å²) < 4.78 is 10.4. The van der Waals surface area contributed by atoms with Crippen molar-refractivity contribution in [2.45, 2.75) is 18.6 Å². The lowest BCUT2D eigenvalue weighted by Crippen LogP contribution is -2.26. The summed E-state index contributed by atoms with van der Waals surface area (Å²) >= 11 is 1.05. The predicted octanol–water partition coefficient (Wildman–Crippen LogP) is 1.49. The van der Waals surface area contributed by atoms with Crippen molar-refractivity contribution in [1.82, 2.24) is 5.32 Å². The van der Waals surface area contributed by atoms with Crippen molar-refractivity contribution in [3.05, 3.63) is 23.8 Å². The number of carbonyl (C=O) groups excluding carboxylic acids is 1. The van der Waals surface area contributed by atoms with E-state index in [0.717, 1.165) is 17.3 Å². The first kappa shape index (κ1) is 17.8. The number of nitrogens with zero attached hydrogens (tertiary/aromatic N) is 2. The van der Waals surface area contributed by atoms with Gasteiger partial charge in [0.2, 0.25) is 5.91 Å². The molecule has 0 spiro atoms. The molecule has 0 saturated carbocycles. The van der Waals surface area contributed by atoms with Crippen LogP contribution < -0.4 is 14.8 Å². The van der Waals surface area contributed by atoms with Crippen LogP contribution in [0.2, 0.25) is 0 Å². The van der Waals surface area contributed by atoms with Crippen LogP contribution in [0, 0.1) is 0 Å². The Labute approximate surface area is 142 Å². The van der Waals surface area contributed by atoms with Gasteiger partial charge in [0.1, 0.15) is 5.25 Å². The molecule has 1 amide bonds. The maximum absolute atomic E-state index is 11.6. The SMILES string of the molecule is COc1ccc(/C(C)=N\N=C2\NC(=O)[C@@H](CC(=O)O)S2)cc1OC. The van der Waals surface area contributed by atoms with Crippen LogP contribution in [-0.4, -0.2) is 47.3 Å². The molecule has 24 heavy (non-hydrogen) atoms. The number of amidine groups is 1. The highest BCUT2D eigenvalue weighted by atomic mass is 32.2. The van der Waals surface area contributed by atoms with Gasteiger partial charge in [-0.25, -0.2) is 0 Å². The van der Waals surface area contributed by atoms with E-state index in [9.17, 15) is 9.59 Å². The zero-order valence-electron chi connectivity index (χ0n) is 13.4. The predicted molar refractivity (Wildman–Crippen MR) is 91.0 cm³/mol. The Morgan fingerprint density at radius 2 is 2.04 bits per heavy atom. The Balaban J connectivity index is 2.14. The summed E-state index contributed by atoms with van der Waals surface area (Å²) in [4.78, 5) is 22.3. The number of thioether (sulfide) groups is 1. The minimum atomic E-state index is -1.03. The zero-order chi connectivity index (χ0) is 17.7. The molecular weight excluding hydrogens is 334 g/mol. The summed E-state index contributed by atoms with van der Waals surface area (Å²) in [5.41, 5.74) is 1.40. The number of hydrogen-bond acceptors (Lipinski definition) is 7. The van der Waals surface area contributed by atoms with Gasteiger partial charge in [-0.05, 0) is 25.1 Å². The molecule has 0 aliphatic carbocycles. The molecule has 8 nitrogen and oxygen atoms in total. The van der Waals surface area contributed by atoms with E-state index in [1.54, 1.807) is 33.3 Å². The lowest BCUT2D eigenvalue weighted by Gasteiger charge is -2.08. The Morgan fingerprint density at radius 3 is 2.67 bits per heavy atom. The van der Waals surface area contributed by atoms with E-state index in [2.05, 4.69) is 15.5 Å². The third-order valence-electron chi connectivity index (χ3n) is 3.23. The number of amides is 1. The molecule has 1 aromatic rings. The molecule has 1 atom stereocenters. The van der Waals surface area contributed by atoms with Gasteiger partial charge in [-0.3, -0.25) is 9.59 Å². The van der Waals surface area contributed by atoms with Gasteiger partial charge in [-0.1, -0.05) is 11.8 Å². The minimum absolute atomic E-state index is 0.256. The molecule has 1 saturated heterocycles. The minimum Gasteiger partial charge on any atom is -0.493 e. The van der Waals surface area contributed by atoms with E-state index < -0.39 is 11.2 Å². The Kier molecular flexibility index (Phi) is 5.80. The van der Waals surface area contributed by atoms with Crippen LogP contribution >= 0.6 is 11.8 Å². The van der Waals surface area contributed by atoms with Crippen LogP contribution in [-0.2, 0) is 9.59 Å². The molecule has 2 N–H and O–H groups in total. The fourth-order valence-electron chi connectivity index (χ4n) is 1.98. The number of ether oxygens (including phenoxy) is 2. The Hall–Kier alpha value is -2.55. The van der Waals surface area contributed by atoms with Crippen LogP contribution in [0.5, 0.6) is 11.5 Å². The number of aliphatic carboxylic acids is 1. The molecule has 0 radical (unpaired) electrons. The average Bonchev–Trinajstić information content (AvgIpc) is 2.91. The largest absolute Gasteiger partial charge is 0.493 e. The van der Waals surface area contributed by atoms with Crippen molar-refractivity contribution in [3.63, 3.8) is 0 Å². The fourth-order valence-corrected chi connectivity index (χ4v) is 2.89. The van der Waals surface area contributed by atoms with E-state index in [1.165, 1.54) is 0 Å². The Bertz CT molecular complexity index is 717. The maximum atomic E-state index is 11.6. The summed E-state index contributed by atoms with van der Waals surface area (Å²) in [6.45, 7) is 1.77. The lowest BCUT2D eigenvalue weighted by atomic mass is 10.1. The first-order valence-electron chi connectivity index (χ1n) is 6.98. The molecule has 1 aliphatic heterocycles. The summed E-state index contributed by atoms with van der Waals surface area (Å²) in [5, 5.41) is 18.9. The molecule has 9 heteroatoms. The number of rotatable bonds is 6. The van der Waals surface area contributed by atoms with Gasteiger partial charge in [0.25, 0.3) is 0 Å². The van der Waals surface area contributed by atoms with Crippen LogP contribution in [0.1, 0.15) is 18.9 Å². The second-order valence-corrected chi connectivity index (χ2v) is 6.05. The van der Waals surface area contributed by atoms with Crippen molar-refractivity contribution in [2.75, 3.05) is 14.2 Å². The molecule has 0 bridgehead atoms. The molecule has 0 aromatic heterocycles. The number of benzene rings is 1. The van der Waals surface area contributed by atoms with Gasteiger partial charge in [-0.15, -0.1) is 5.10 Å². The lowest BCUT2D eigenvalue weighted by molar-refractivity contribution is -0.138. The third kappa shape index (κ3) is 4.25. The van der Waals surface area contributed by atoms with E-state index in [4.69, 9.17) is 14.6 Å². The summed E-state index contributed by atoms with van der Waals surface area (Å²) in [7, 11) is 3.10. The zero-order valence-corrected chi connectivity index (χ0v) is 14.2. The summed E-state index contributed by atoms with van der Waals surface area (Å²) in [6, 6.07) is 5.34. The fraction of sp³-hybridized carbons (Fsp3) is 0.333. The maximum Gasteiger partial charge on any atom is 0.305 e. The number of carboxylic acids is 1. The van der Waals surface area contributed by atoms with Gasteiger partial charge in [0, 0.05) is 5.56 Å². The highest BCUT2D eigenvalue weighted by molar-refractivity contribution is 8.15. The van der Waals surface area contributed by atoms with Gasteiger partial charge in [0.05, 0.1) is 26.4 Å². The second-order valence-electron chi connectivity index (χ2n) is 4.85. The number of hydrogen-bond donors (Lipinski definition) is 2. The van der Waals surface area contributed by atoms with Crippen LogP contribution in [0.15, 0.2) is 28.4 Å². The van der Waals surface area contributed by atoms with Crippen molar-refractivity contribution >= 4 is 34.5 Å². The number of nitrogens with one attached hydrogen (secondary N) is 1. The molecule has 0 unspecified atom stereocenters. The van der Waals surface area contributed by atoms with Crippen molar-refractivity contribution in [2.24, 2.45) is 10.2 Å². The Morgan fingerprint density at radius 1 is 1.33 bits per heavy atom. The topological polar surface area (TPSA) is 110 Å². The van der Waals surface area contributed by atoms with Gasteiger partial charge in [0.15, 0.2) is 16.7 Å². The summed E-state index contributed by atoms with van der Waals surface area (Å²) in [6.07, 6.45) is -0.256. The van der Waals surface area contributed by atoms with Crippen LogP contribution in [0.3, 0.4) is 0 Å². The molecule has 128 valence electrons. The van der Waals surface area contributed by atoms with E-state index in [1.807, 2.05) is 6.07 Å². The number of carboxylic acid groups (broad SMARTS) is 1. The molecule has 1 heterocycles. The molecule has 1 fully saturated rings. The number of methoxy groups -OCH3 is 2. The number of carbonyl (C=O) groups is 2. The highest BCUT2D eigenvalue weighted by Crippen LogP contribution is 2.28. The molecule has 2 rings (SSSR count). The highest BCUT2D eigenvalue weighted by Gasteiger charge is 2.32. The van der Waals surface area contributed by atoms with E-state index in [0.29, 0.717) is 17.2 Å². The molecular formula is C15H17N3O5S. The van der Waals surface area contributed by atoms with Crippen molar-refractivity contribution in [3.8, 4) is 11.5 Å². The molecule has 1 aromatic carbocycles. The van der Waals surface area contributed by atoms with Crippen molar-refractivity contribution in [1.29, 1.82) is 0 Å². The van der Waals surface area contributed by atoms with Crippen LogP contribution in [0.25, 0.3) is 0 Å². The third-order valence-corrected chi connectivity index (χ3v) is 4.30. The second kappa shape index (κ2) is 7.82. The van der Waals surface area contributed by atoms with Crippen molar-refractivity contribution < 1.29 is 24.2 Å². The van der Waals surface area contributed by atoms with Gasteiger partial charge >= 0.3 is 5.97 Å². The smallest absolute Gasteiger partial charge is 0.305 e. The first-order valence-corrected chi connectivity index (χ1v) is 7.86. The quantitative estimate of drug-likeness (QED) is 0.593. The molecule has 1 aliphatic rings. The van der Waals surface area contributed by atoms with E-state index in [-0.39, 0.29) is 17.5 Å². The van der Waals surface area contributed by atoms with Gasteiger partial charge in [-0.2, -0.15) is 5.10 Å². The van der Waals surface area contributed by atoms with Crippen LogP contribution in [0.4, 0.5) is 0 Å². The normalized spacial score (nSPS) is 19.3. The van der Waals surface area contributed by atoms with E-state index >= 15 is 0 Å². The monoisotopic (exact) mass is 351 g/mol.